The van der Waals surface area contributed by atoms with Crippen molar-refractivity contribution in [1.82, 2.24) is 10.1 Å². The molecule has 9 nitrogen and oxygen atoms in total. The Morgan fingerprint density at radius 1 is 1.09 bits per heavy atom. The highest BCUT2D eigenvalue weighted by molar-refractivity contribution is 7.92. The van der Waals surface area contributed by atoms with Crippen LogP contribution in [0.1, 0.15) is 23.9 Å². The molecular formula is C24H30N4O5S. The number of aromatic nitrogens is 1. The molecule has 34 heavy (non-hydrogen) atoms. The van der Waals surface area contributed by atoms with Gasteiger partial charge < -0.3 is 19.5 Å². The fraction of sp³-hybridized carbons (Fsp3) is 0.333. The van der Waals surface area contributed by atoms with Gasteiger partial charge in [0.05, 0.1) is 23.7 Å². The molecule has 3 aromatic rings. The number of anilines is 2. The first-order valence-electron chi connectivity index (χ1n) is 10.8. The van der Waals surface area contributed by atoms with Crippen LogP contribution >= 0.6 is 0 Å². The van der Waals surface area contributed by atoms with E-state index in [0.717, 1.165) is 11.1 Å². The summed E-state index contributed by atoms with van der Waals surface area (Å²) in [5.74, 6) is 1.32. The quantitative estimate of drug-likeness (QED) is 0.463. The maximum absolute atomic E-state index is 12.2. The number of likely N-dealkylation sites (N-methyl/N-ethyl adjacent to an activating group) is 1. The molecule has 0 spiro atoms. The zero-order valence-corrected chi connectivity index (χ0v) is 21.0. The molecule has 1 amide bonds. The summed E-state index contributed by atoms with van der Waals surface area (Å²) in [7, 11) is 0.144. The standard InChI is InChI=1S/C24H30N4O5S/c1-7-34(30,31)27-19-10-18(24-16(3)26-33-17(24)4)11-21(12-19)32-20-9-8-15(2)22(13-20)25-23(29)14-28(5)6/h8-13,27H,7,14H2,1-6H3,(H,25,29). The van der Waals surface area contributed by atoms with E-state index >= 15 is 0 Å². The van der Waals surface area contributed by atoms with Crippen LogP contribution in [0.3, 0.4) is 0 Å². The van der Waals surface area contributed by atoms with Crippen molar-refractivity contribution in [3.05, 3.63) is 53.4 Å². The largest absolute Gasteiger partial charge is 0.457 e. The molecule has 2 aromatic carbocycles. The molecule has 182 valence electrons. The second kappa shape index (κ2) is 10.3. The van der Waals surface area contributed by atoms with Crippen LogP contribution in [0.15, 0.2) is 40.9 Å². The molecule has 0 aliphatic heterocycles. The van der Waals surface area contributed by atoms with Gasteiger partial charge in [0.25, 0.3) is 0 Å². The summed E-state index contributed by atoms with van der Waals surface area (Å²) >= 11 is 0. The highest BCUT2D eigenvalue weighted by Crippen LogP contribution is 2.35. The van der Waals surface area contributed by atoms with E-state index in [1.165, 1.54) is 0 Å². The molecule has 0 aliphatic carbocycles. The SMILES string of the molecule is CCS(=O)(=O)Nc1cc(Oc2ccc(C)c(NC(=O)CN(C)C)c2)cc(-c2c(C)noc2C)c1. The van der Waals surface area contributed by atoms with Gasteiger partial charge in [-0.3, -0.25) is 9.52 Å². The van der Waals surface area contributed by atoms with E-state index in [2.05, 4.69) is 15.2 Å². The van der Waals surface area contributed by atoms with Crippen LogP contribution in [0, 0.1) is 20.8 Å². The zero-order chi connectivity index (χ0) is 25.0. The van der Waals surface area contributed by atoms with Crippen molar-refractivity contribution < 1.29 is 22.5 Å². The van der Waals surface area contributed by atoms with Crippen LogP contribution in [-0.2, 0) is 14.8 Å². The van der Waals surface area contributed by atoms with Gasteiger partial charge in [0, 0.05) is 23.4 Å². The van der Waals surface area contributed by atoms with Crippen molar-refractivity contribution in [2.24, 2.45) is 0 Å². The third kappa shape index (κ3) is 6.36. The van der Waals surface area contributed by atoms with Crippen molar-refractivity contribution in [3.63, 3.8) is 0 Å². The molecule has 2 N–H and O–H groups in total. The van der Waals surface area contributed by atoms with Crippen LogP contribution in [0.5, 0.6) is 11.5 Å². The van der Waals surface area contributed by atoms with Crippen molar-refractivity contribution in [2.45, 2.75) is 27.7 Å². The number of ether oxygens (including phenoxy) is 1. The number of hydrogen-bond donors (Lipinski definition) is 2. The summed E-state index contributed by atoms with van der Waals surface area (Å²) in [6.07, 6.45) is 0. The van der Waals surface area contributed by atoms with E-state index < -0.39 is 10.0 Å². The number of aryl methyl sites for hydroxylation is 3. The molecule has 0 bridgehead atoms. The van der Waals surface area contributed by atoms with Gasteiger partial charge in [0.2, 0.25) is 15.9 Å². The molecule has 0 radical (unpaired) electrons. The first-order chi connectivity index (χ1) is 16.0. The Kier molecular flexibility index (Phi) is 7.63. The summed E-state index contributed by atoms with van der Waals surface area (Å²) in [6, 6.07) is 10.5. The minimum atomic E-state index is -3.50. The van der Waals surface area contributed by atoms with Crippen molar-refractivity contribution in [3.8, 4) is 22.6 Å². The first-order valence-corrected chi connectivity index (χ1v) is 12.4. The van der Waals surface area contributed by atoms with Gasteiger partial charge in [-0.25, -0.2) is 8.42 Å². The average Bonchev–Trinajstić information content (AvgIpc) is 3.07. The normalized spacial score (nSPS) is 11.5. The summed E-state index contributed by atoms with van der Waals surface area (Å²) in [5, 5.41) is 6.89. The minimum Gasteiger partial charge on any atom is -0.457 e. The Morgan fingerprint density at radius 3 is 2.44 bits per heavy atom. The predicted octanol–water partition coefficient (Wildman–Crippen LogP) is 4.32. The number of rotatable bonds is 9. The first kappa shape index (κ1) is 25.3. The molecule has 0 saturated carbocycles. The molecule has 1 heterocycles. The minimum absolute atomic E-state index is 0.0628. The number of hydrogen-bond acceptors (Lipinski definition) is 7. The lowest BCUT2D eigenvalue weighted by Crippen LogP contribution is -2.27. The molecule has 0 atom stereocenters. The van der Waals surface area contributed by atoms with E-state index in [1.54, 1.807) is 49.1 Å². The molecular weight excluding hydrogens is 456 g/mol. The maximum Gasteiger partial charge on any atom is 0.238 e. The van der Waals surface area contributed by atoms with E-state index in [0.29, 0.717) is 39.9 Å². The van der Waals surface area contributed by atoms with Crippen LogP contribution in [0.2, 0.25) is 0 Å². The smallest absolute Gasteiger partial charge is 0.238 e. The molecule has 3 rings (SSSR count). The highest BCUT2D eigenvalue weighted by atomic mass is 32.2. The van der Waals surface area contributed by atoms with Gasteiger partial charge >= 0.3 is 0 Å². The van der Waals surface area contributed by atoms with E-state index in [-0.39, 0.29) is 18.2 Å². The number of nitrogens with one attached hydrogen (secondary N) is 2. The fourth-order valence-corrected chi connectivity index (χ4v) is 4.04. The molecule has 0 fully saturated rings. The Bertz CT molecular complexity index is 1280. The van der Waals surface area contributed by atoms with Crippen LogP contribution in [0.25, 0.3) is 11.1 Å². The topological polar surface area (TPSA) is 114 Å². The lowest BCUT2D eigenvalue weighted by Gasteiger charge is -2.15. The lowest BCUT2D eigenvalue weighted by molar-refractivity contribution is -0.116. The van der Waals surface area contributed by atoms with Gasteiger partial charge in [0.1, 0.15) is 17.3 Å². The number of amides is 1. The summed E-state index contributed by atoms with van der Waals surface area (Å²) in [4.78, 5) is 14.0. The summed E-state index contributed by atoms with van der Waals surface area (Å²) in [6.45, 7) is 7.32. The lowest BCUT2D eigenvalue weighted by atomic mass is 10.0. The van der Waals surface area contributed by atoms with E-state index in [4.69, 9.17) is 9.26 Å². The average molecular weight is 487 g/mol. The third-order valence-electron chi connectivity index (χ3n) is 5.06. The Hall–Kier alpha value is -3.37. The highest BCUT2D eigenvalue weighted by Gasteiger charge is 2.16. The fourth-order valence-electron chi connectivity index (χ4n) is 3.42. The molecule has 10 heteroatoms. The molecule has 0 aliphatic rings. The number of sulfonamides is 1. The second-order valence-corrected chi connectivity index (χ2v) is 10.3. The van der Waals surface area contributed by atoms with E-state index in [9.17, 15) is 13.2 Å². The number of carbonyl (C=O) groups excluding carboxylic acids is 1. The third-order valence-corrected chi connectivity index (χ3v) is 6.37. The van der Waals surface area contributed by atoms with Crippen molar-refractivity contribution >= 4 is 27.3 Å². The molecule has 1 aromatic heterocycles. The zero-order valence-electron chi connectivity index (χ0n) is 20.2. The maximum atomic E-state index is 12.2. The van der Waals surface area contributed by atoms with Gasteiger partial charge in [-0.2, -0.15) is 0 Å². The van der Waals surface area contributed by atoms with E-state index in [1.807, 2.05) is 34.0 Å². The van der Waals surface area contributed by atoms with Gasteiger partial charge in [0.15, 0.2) is 0 Å². The second-order valence-electron chi connectivity index (χ2n) is 8.32. The summed E-state index contributed by atoms with van der Waals surface area (Å²) < 4.78 is 38.4. The Balaban J connectivity index is 1.98. The van der Waals surface area contributed by atoms with Crippen LogP contribution < -0.4 is 14.8 Å². The molecule has 0 saturated heterocycles. The summed E-state index contributed by atoms with van der Waals surface area (Å²) in [5.41, 5.74) is 4.04. The monoisotopic (exact) mass is 486 g/mol. The van der Waals surface area contributed by atoms with Crippen LogP contribution in [0.4, 0.5) is 11.4 Å². The predicted molar refractivity (Wildman–Crippen MR) is 133 cm³/mol. The van der Waals surface area contributed by atoms with Crippen molar-refractivity contribution in [1.29, 1.82) is 0 Å². The van der Waals surface area contributed by atoms with Gasteiger partial charge in [-0.15, -0.1) is 0 Å². The van der Waals surface area contributed by atoms with Crippen LogP contribution in [-0.4, -0.2) is 50.8 Å². The number of carbonyl (C=O) groups is 1. The number of nitrogens with zero attached hydrogens (tertiary/aromatic N) is 2. The van der Waals surface area contributed by atoms with Gasteiger partial charge in [-0.05, 0) is 71.1 Å². The molecule has 0 unspecified atom stereocenters. The Labute approximate surface area is 200 Å². The number of benzene rings is 2. The Morgan fingerprint density at radius 2 is 1.82 bits per heavy atom. The van der Waals surface area contributed by atoms with Crippen molar-refractivity contribution in [2.75, 3.05) is 36.4 Å². The van der Waals surface area contributed by atoms with Gasteiger partial charge in [-0.1, -0.05) is 11.2 Å².